The third-order valence-corrected chi connectivity index (χ3v) is 5.98. The van der Waals surface area contributed by atoms with Gasteiger partial charge in [0.05, 0.1) is 0 Å². The molecule has 1 aliphatic carbocycles. The molecule has 1 aliphatic heterocycles. The second kappa shape index (κ2) is 5.54. The van der Waals surface area contributed by atoms with E-state index < -0.39 is 0 Å². The quantitative estimate of drug-likeness (QED) is 0.940. The third-order valence-electron chi connectivity index (χ3n) is 4.98. The maximum absolute atomic E-state index is 5.59. The number of nitrogens with one attached hydrogen (secondary N) is 1. The fraction of sp³-hybridized carbons (Fsp3) is 0.625. The summed E-state index contributed by atoms with van der Waals surface area (Å²) in [7, 11) is 0. The predicted molar refractivity (Wildman–Crippen MR) is 82.5 cm³/mol. The molecular weight excluding hydrogens is 282 g/mol. The molecule has 21 heavy (non-hydrogen) atoms. The molecule has 2 aromatic heterocycles. The van der Waals surface area contributed by atoms with Gasteiger partial charge in [-0.3, -0.25) is 0 Å². The van der Waals surface area contributed by atoms with Crippen molar-refractivity contribution in [2.45, 2.75) is 51.0 Å². The maximum Gasteiger partial charge on any atom is 0.248 e. The first kappa shape index (κ1) is 13.5. The molecule has 2 aliphatic rings. The van der Waals surface area contributed by atoms with Gasteiger partial charge in [-0.25, -0.2) is 0 Å². The number of fused-ring (bicyclic) bond motifs is 1. The average Bonchev–Trinajstić information content (AvgIpc) is 3.25. The Kier molecular flexibility index (Phi) is 3.55. The van der Waals surface area contributed by atoms with Crippen molar-refractivity contribution >= 4 is 11.3 Å². The summed E-state index contributed by atoms with van der Waals surface area (Å²) in [5, 5.41) is 9.95. The van der Waals surface area contributed by atoms with Crippen LogP contribution in [0.3, 0.4) is 0 Å². The number of nitrogens with zero attached hydrogens (tertiary/aromatic N) is 2. The van der Waals surface area contributed by atoms with Crippen LogP contribution in [-0.4, -0.2) is 16.7 Å². The molecule has 4 rings (SSSR count). The van der Waals surface area contributed by atoms with E-state index in [1.54, 1.807) is 0 Å². The van der Waals surface area contributed by atoms with Crippen molar-refractivity contribution < 1.29 is 4.52 Å². The predicted octanol–water partition coefficient (Wildman–Crippen LogP) is 3.66. The first-order valence-electron chi connectivity index (χ1n) is 7.98. The highest BCUT2D eigenvalue weighted by Gasteiger charge is 2.31. The Morgan fingerprint density at radius 3 is 3.24 bits per heavy atom. The van der Waals surface area contributed by atoms with Gasteiger partial charge in [-0.05, 0) is 48.6 Å². The van der Waals surface area contributed by atoms with Crippen LogP contribution in [0.15, 0.2) is 16.0 Å². The molecule has 5 heteroatoms. The second-order valence-electron chi connectivity index (χ2n) is 6.21. The maximum atomic E-state index is 5.59. The van der Waals surface area contributed by atoms with Crippen LogP contribution < -0.4 is 5.32 Å². The summed E-state index contributed by atoms with van der Waals surface area (Å²) in [6.45, 7) is 3.26. The fourth-order valence-corrected chi connectivity index (χ4v) is 4.60. The van der Waals surface area contributed by atoms with Gasteiger partial charge in [0.25, 0.3) is 0 Å². The van der Waals surface area contributed by atoms with Crippen molar-refractivity contribution in [1.29, 1.82) is 0 Å². The van der Waals surface area contributed by atoms with Gasteiger partial charge >= 0.3 is 0 Å². The van der Waals surface area contributed by atoms with Crippen LogP contribution in [0.25, 0.3) is 0 Å². The summed E-state index contributed by atoms with van der Waals surface area (Å²) in [5.74, 6) is 3.00. The van der Waals surface area contributed by atoms with Crippen LogP contribution in [0.4, 0.5) is 0 Å². The number of rotatable bonds is 3. The zero-order chi connectivity index (χ0) is 14.2. The molecule has 0 spiro atoms. The summed E-state index contributed by atoms with van der Waals surface area (Å²) in [4.78, 5) is 6.18. The van der Waals surface area contributed by atoms with Crippen LogP contribution in [0.2, 0.25) is 0 Å². The van der Waals surface area contributed by atoms with Gasteiger partial charge in [0.15, 0.2) is 5.82 Å². The Hall–Kier alpha value is -1.20. The molecule has 0 bridgehead atoms. The molecule has 4 nitrogen and oxygen atoms in total. The average molecular weight is 303 g/mol. The second-order valence-corrected chi connectivity index (χ2v) is 7.21. The molecule has 112 valence electrons. The molecular formula is C16H21N3OS. The molecule has 1 N–H and O–H groups in total. The van der Waals surface area contributed by atoms with Crippen molar-refractivity contribution in [3.8, 4) is 0 Å². The van der Waals surface area contributed by atoms with Crippen molar-refractivity contribution in [3.63, 3.8) is 0 Å². The molecule has 1 fully saturated rings. The van der Waals surface area contributed by atoms with Crippen LogP contribution in [0.1, 0.15) is 66.7 Å². The lowest BCUT2D eigenvalue weighted by molar-refractivity contribution is 0.338. The highest BCUT2D eigenvalue weighted by molar-refractivity contribution is 7.10. The Labute approximate surface area is 129 Å². The molecule has 0 aromatic carbocycles. The molecule has 0 saturated heterocycles. The number of thiophene rings is 1. The number of aromatic nitrogens is 2. The Balaban J connectivity index is 1.56. The highest BCUT2D eigenvalue weighted by Crippen LogP contribution is 2.39. The van der Waals surface area contributed by atoms with E-state index in [9.17, 15) is 0 Å². The standard InChI is InChI=1S/C16H21N3OS/c1-2-10-3-4-11(9-10)15-18-16(20-19-15)14-12-6-8-21-13(12)5-7-17-14/h6,8,10-11,14,17H,2-5,7,9H2,1H3. The molecule has 3 atom stereocenters. The van der Waals surface area contributed by atoms with Crippen LogP contribution >= 0.6 is 11.3 Å². The first-order chi connectivity index (χ1) is 10.3. The van der Waals surface area contributed by atoms with Crippen LogP contribution in [0, 0.1) is 5.92 Å². The van der Waals surface area contributed by atoms with Crippen molar-refractivity contribution in [2.75, 3.05) is 6.54 Å². The minimum atomic E-state index is 0.0876. The van der Waals surface area contributed by atoms with Gasteiger partial charge in [0, 0.05) is 17.3 Å². The zero-order valence-electron chi connectivity index (χ0n) is 12.3. The zero-order valence-corrected chi connectivity index (χ0v) is 13.2. The Morgan fingerprint density at radius 2 is 2.38 bits per heavy atom. The van der Waals surface area contributed by atoms with Gasteiger partial charge in [-0.15, -0.1) is 11.3 Å². The van der Waals surface area contributed by atoms with Crippen molar-refractivity contribution in [1.82, 2.24) is 15.5 Å². The minimum absolute atomic E-state index is 0.0876. The van der Waals surface area contributed by atoms with Crippen LogP contribution in [-0.2, 0) is 6.42 Å². The fourth-order valence-electron chi connectivity index (χ4n) is 3.68. The lowest BCUT2D eigenvalue weighted by Crippen LogP contribution is -2.29. The van der Waals surface area contributed by atoms with Gasteiger partial charge in [-0.2, -0.15) is 4.98 Å². The van der Waals surface area contributed by atoms with Gasteiger partial charge in [0.2, 0.25) is 5.89 Å². The first-order valence-corrected chi connectivity index (χ1v) is 8.86. The lowest BCUT2D eigenvalue weighted by atomic mass is 10.0. The molecule has 0 amide bonds. The Bertz CT molecular complexity index is 621. The van der Waals surface area contributed by atoms with E-state index in [4.69, 9.17) is 9.51 Å². The van der Waals surface area contributed by atoms with E-state index in [0.717, 1.165) is 30.6 Å². The Morgan fingerprint density at radius 1 is 1.43 bits per heavy atom. The van der Waals surface area contributed by atoms with Gasteiger partial charge in [0.1, 0.15) is 6.04 Å². The summed E-state index contributed by atoms with van der Waals surface area (Å²) >= 11 is 1.83. The smallest absolute Gasteiger partial charge is 0.248 e. The number of hydrogen-bond donors (Lipinski definition) is 1. The summed E-state index contributed by atoms with van der Waals surface area (Å²) in [6.07, 6.45) is 6.10. The normalized spacial score (nSPS) is 28.7. The minimum Gasteiger partial charge on any atom is -0.337 e. The largest absolute Gasteiger partial charge is 0.337 e. The SMILES string of the molecule is CCC1CCC(c2noc(C3NCCc4sccc43)n2)C1. The van der Waals surface area contributed by atoms with Crippen LogP contribution in [0.5, 0.6) is 0 Å². The van der Waals surface area contributed by atoms with E-state index in [1.807, 2.05) is 11.3 Å². The third kappa shape index (κ3) is 2.42. The molecule has 1 saturated carbocycles. The molecule has 2 aromatic rings. The monoisotopic (exact) mass is 303 g/mol. The summed E-state index contributed by atoms with van der Waals surface area (Å²) < 4.78 is 5.59. The van der Waals surface area contributed by atoms with Gasteiger partial charge in [-0.1, -0.05) is 18.5 Å². The number of hydrogen-bond acceptors (Lipinski definition) is 5. The molecule has 3 unspecified atom stereocenters. The van der Waals surface area contributed by atoms with E-state index in [1.165, 1.54) is 36.1 Å². The van der Waals surface area contributed by atoms with E-state index >= 15 is 0 Å². The topological polar surface area (TPSA) is 51.0 Å². The highest BCUT2D eigenvalue weighted by atomic mass is 32.1. The lowest BCUT2D eigenvalue weighted by Gasteiger charge is -2.20. The summed E-state index contributed by atoms with van der Waals surface area (Å²) in [5.41, 5.74) is 1.32. The summed E-state index contributed by atoms with van der Waals surface area (Å²) in [6, 6.07) is 2.27. The molecule has 0 radical (unpaired) electrons. The van der Waals surface area contributed by atoms with Gasteiger partial charge < -0.3 is 9.84 Å². The van der Waals surface area contributed by atoms with E-state index in [0.29, 0.717) is 5.92 Å². The van der Waals surface area contributed by atoms with E-state index in [-0.39, 0.29) is 6.04 Å². The van der Waals surface area contributed by atoms with Crippen molar-refractivity contribution in [2.24, 2.45) is 5.92 Å². The van der Waals surface area contributed by atoms with E-state index in [2.05, 4.69) is 28.8 Å². The van der Waals surface area contributed by atoms with Crippen molar-refractivity contribution in [3.05, 3.63) is 33.6 Å². The molecule has 3 heterocycles.